The number of hydrogen-bond acceptors (Lipinski definition) is 1. The second-order valence-corrected chi connectivity index (χ2v) is 6.39. The van der Waals surface area contributed by atoms with E-state index in [1.54, 1.807) is 0 Å². The van der Waals surface area contributed by atoms with Gasteiger partial charge in [0.1, 0.15) is 0 Å². The molecule has 2 nitrogen and oxygen atoms in total. The van der Waals surface area contributed by atoms with Crippen LogP contribution in [0.4, 0.5) is 0 Å². The molecule has 0 bridgehead atoms. The van der Waals surface area contributed by atoms with Crippen molar-refractivity contribution in [3.63, 3.8) is 0 Å². The maximum atomic E-state index is 6.21. The number of aryl methyl sites for hydroxylation is 2. The summed E-state index contributed by atoms with van der Waals surface area (Å²) in [6.07, 6.45) is 2.91. The Morgan fingerprint density at radius 2 is 1.90 bits per heavy atom. The lowest BCUT2D eigenvalue weighted by Gasteiger charge is -2.15. The lowest BCUT2D eigenvalue weighted by molar-refractivity contribution is 0.530. The van der Waals surface area contributed by atoms with E-state index in [0.717, 1.165) is 36.0 Å². The number of benzene rings is 1. The molecule has 0 spiro atoms. The van der Waals surface area contributed by atoms with E-state index in [1.807, 2.05) is 0 Å². The van der Waals surface area contributed by atoms with E-state index in [4.69, 9.17) is 11.6 Å². The highest BCUT2D eigenvalue weighted by molar-refractivity contribution is 9.10. The van der Waals surface area contributed by atoms with Crippen LogP contribution < -0.4 is 0 Å². The monoisotopic (exact) mass is 368 g/mol. The molecule has 114 valence electrons. The van der Waals surface area contributed by atoms with Crippen LogP contribution in [0.15, 0.2) is 34.8 Å². The molecule has 0 aliphatic heterocycles. The summed E-state index contributed by atoms with van der Waals surface area (Å²) >= 11 is 9.93. The van der Waals surface area contributed by atoms with Crippen LogP contribution in [0, 0.1) is 5.92 Å². The zero-order valence-corrected chi connectivity index (χ0v) is 15.0. The van der Waals surface area contributed by atoms with Gasteiger partial charge in [-0.25, -0.2) is 0 Å². The van der Waals surface area contributed by atoms with Gasteiger partial charge in [0.25, 0.3) is 0 Å². The molecule has 2 rings (SSSR count). The topological polar surface area (TPSA) is 17.8 Å². The van der Waals surface area contributed by atoms with Crippen LogP contribution in [0.2, 0.25) is 0 Å². The van der Waals surface area contributed by atoms with Crippen molar-refractivity contribution in [2.24, 2.45) is 5.92 Å². The number of nitrogens with zero attached hydrogens (tertiary/aromatic N) is 2. The fourth-order valence-electron chi connectivity index (χ4n) is 2.61. The highest BCUT2D eigenvalue weighted by atomic mass is 79.9. The number of aromatic nitrogens is 2. The van der Waals surface area contributed by atoms with Crippen molar-refractivity contribution in [1.82, 2.24) is 9.78 Å². The molecule has 0 radical (unpaired) electrons. The maximum absolute atomic E-state index is 6.21. The van der Waals surface area contributed by atoms with E-state index < -0.39 is 0 Å². The molecule has 0 saturated carbocycles. The summed E-state index contributed by atoms with van der Waals surface area (Å²) in [6.45, 7) is 5.17. The van der Waals surface area contributed by atoms with Gasteiger partial charge in [0, 0.05) is 12.4 Å². The van der Waals surface area contributed by atoms with Gasteiger partial charge in [0.2, 0.25) is 0 Å². The second kappa shape index (κ2) is 8.00. The smallest absolute Gasteiger partial charge is 0.0766 e. The van der Waals surface area contributed by atoms with E-state index >= 15 is 0 Å². The Bertz CT molecular complexity index is 566. The first-order chi connectivity index (χ1) is 10.2. The van der Waals surface area contributed by atoms with Gasteiger partial charge in [-0.15, -0.1) is 11.6 Å². The van der Waals surface area contributed by atoms with Crippen LogP contribution >= 0.6 is 27.5 Å². The third kappa shape index (κ3) is 4.10. The summed E-state index contributed by atoms with van der Waals surface area (Å²) < 4.78 is 3.27. The Balaban J connectivity index is 2.16. The van der Waals surface area contributed by atoms with Gasteiger partial charge in [0.05, 0.1) is 15.9 Å². The first-order valence-corrected chi connectivity index (χ1v) is 8.86. The van der Waals surface area contributed by atoms with Crippen LogP contribution in [0.1, 0.15) is 30.8 Å². The van der Waals surface area contributed by atoms with Crippen molar-refractivity contribution >= 4 is 27.5 Å². The van der Waals surface area contributed by atoms with Crippen LogP contribution in [-0.2, 0) is 25.8 Å². The Kier molecular flexibility index (Phi) is 6.31. The predicted molar refractivity (Wildman–Crippen MR) is 93.0 cm³/mol. The Morgan fingerprint density at radius 1 is 1.19 bits per heavy atom. The van der Waals surface area contributed by atoms with E-state index in [0.29, 0.717) is 11.8 Å². The zero-order chi connectivity index (χ0) is 15.2. The summed E-state index contributed by atoms with van der Waals surface area (Å²) in [5.74, 6) is 1.09. The first kappa shape index (κ1) is 16.6. The van der Waals surface area contributed by atoms with Gasteiger partial charge in [-0.3, -0.25) is 4.68 Å². The molecule has 0 amide bonds. The van der Waals surface area contributed by atoms with Crippen molar-refractivity contribution in [3.8, 4) is 0 Å². The third-order valence-corrected chi connectivity index (χ3v) is 5.11. The molecule has 1 aromatic heterocycles. The molecule has 1 unspecified atom stereocenters. The molecule has 2 aromatic rings. The quantitative estimate of drug-likeness (QED) is 0.637. The molecule has 4 heteroatoms. The lowest BCUT2D eigenvalue weighted by Crippen LogP contribution is -2.14. The molecule has 0 N–H and O–H groups in total. The minimum Gasteiger partial charge on any atom is -0.268 e. The predicted octanol–water partition coefficient (Wildman–Crippen LogP) is 4.87. The number of halogens is 2. The molecule has 21 heavy (non-hydrogen) atoms. The van der Waals surface area contributed by atoms with Crippen LogP contribution in [-0.4, -0.2) is 15.7 Å². The van der Waals surface area contributed by atoms with Crippen molar-refractivity contribution in [2.45, 2.75) is 39.7 Å². The molecule has 1 aromatic carbocycles. The molecular formula is C17H22BrClN2. The molecule has 0 saturated heterocycles. The molecule has 1 heterocycles. The van der Waals surface area contributed by atoms with Crippen molar-refractivity contribution in [3.05, 3.63) is 51.8 Å². The van der Waals surface area contributed by atoms with Gasteiger partial charge >= 0.3 is 0 Å². The average molecular weight is 370 g/mol. The minimum atomic E-state index is 0.428. The van der Waals surface area contributed by atoms with Crippen molar-refractivity contribution < 1.29 is 0 Å². The number of alkyl halides is 1. The fraction of sp³-hybridized carbons (Fsp3) is 0.471. The summed E-state index contributed by atoms with van der Waals surface area (Å²) in [7, 11) is 0. The standard InChI is InChI=1S/C17H22BrClN2/c1-3-15-17(18)16(21(4-2)20-15)11-14(12-19)10-13-8-6-5-7-9-13/h5-9,14H,3-4,10-12H2,1-2H3. The van der Waals surface area contributed by atoms with Gasteiger partial charge in [-0.2, -0.15) is 5.10 Å². The summed E-state index contributed by atoms with van der Waals surface area (Å²) in [6, 6.07) is 10.6. The molecular weight excluding hydrogens is 348 g/mol. The number of rotatable bonds is 7. The molecule has 1 atom stereocenters. The highest BCUT2D eigenvalue weighted by Crippen LogP contribution is 2.26. The normalized spacial score (nSPS) is 12.6. The minimum absolute atomic E-state index is 0.428. The molecule has 0 aliphatic carbocycles. The van der Waals surface area contributed by atoms with Crippen LogP contribution in [0.3, 0.4) is 0 Å². The van der Waals surface area contributed by atoms with Gasteiger partial charge in [-0.1, -0.05) is 37.3 Å². The van der Waals surface area contributed by atoms with Gasteiger partial charge < -0.3 is 0 Å². The van der Waals surface area contributed by atoms with E-state index in [-0.39, 0.29) is 0 Å². The summed E-state index contributed by atoms with van der Waals surface area (Å²) in [5, 5.41) is 4.67. The SMILES string of the molecule is CCc1nn(CC)c(CC(CCl)Cc2ccccc2)c1Br. The van der Waals surface area contributed by atoms with Gasteiger partial charge in [-0.05, 0) is 53.6 Å². The summed E-state index contributed by atoms with van der Waals surface area (Å²) in [4.78, 5) is 0. The van der Waals surface area contributed by atoms with Gasteiger partial charge in [0.15, 0.2) is 0 Å². The maximum Gasteiger partial charge on any atom is 0.0766 e. The van der Waals surface area contributed by atoms with E-state index in [2.05, 4.69) is 69.9 Å². The fourth-order valence-corrected chi connectivity index (χ4v) is 3.56. The lowest BCUT2D eigenvalue weighted by atomic mass is 9.96. The first-order valence-electron chi connectivity index (χ1n) is 7.53. The average Bonchev–Trinajstić information content (AvgIpc) is 2.83. The molecule has 0 fully saturated rings. The Labute approximate surface area is 140 Å². The second-order valence-electron chi connectivity index (χ2n) is 5.29. The Morgan fingerprint density at radius 3 is 2.48 bits per heavy atom. The Hall–Kier alpha value is -0.800. The largest absolute Gasteiger partial charge is 0.268 e. The zero-order valence-electron chi connectivity index (χ0n) is 12.6. The van der Waals surface area contributed by atoms with Crippen molar-refractivity contribution in [1.29, 1.82) is 0 Å². The third-order valence-electron chi connectivity index (χ3n) is 3.76. The number of hydrogen-bond donors (Lipinski definition) is 0. The molecule has 0 aliphatic rings. The van der Waals surface area contributed by atoms with E-state index in [9.17, 15) is 0 Å². The van der Waals surface area contributed by atoms with E-state index in [1.165, 1.54) is 11.3 Å². The van der Waals surface area contributed by atoms with Crippen LogP contribution in [0.25, 0.3) is 0 Å². The van der Waals surface area contributed by atoms with Crippen molar-refractivity contribution in [2.75, 3.05) is 5.88 Å². The van der Waals surface area contributed by atoms with Crippen LogP contribution in [0.5, 0.6) is 0 Å². The highest BCUT2D eigenvalue weighted by Gasteiger charge is 2.18. The summed E-state index contributed by atoms with van der Waals surface area (Å²) in [5.41, 5.74) is 3.76.